The largest absolute Gasteiger partial charge is 0.314 e. The predicted molar refractivity (Wildman–Crippen MR) is 93.2 cm³/mol. The number of fused-ring (bicyclic) bond motifs is 3. The van der Waals surface area contributed by atoms with E-state index in [4.69, 9.17) is 0 Å². The Labute approximate surface area is 130 Å². The molecule has 1 heterocycles. The van der Waals surface area contributed by atoms with Crippen LogP contribution >= 0.6 is 0 Å². The molecule has 0 aromatic heterocycles. The summed E-state index contributed by atoms with van der Waals surface area (Å²) in [4.78, 5) is 2.06. The maximum Gasteiger partial charge on any atom is 0.245 e. The van der Waals surface area contributed by atoms with Crippen molar-refractivity contribution in [3.8, 4) is 11.1 Å². The van der Waals surface area contributed by atoms with Crippen molar-refractivity contribution in [3.05, 3.63) is 78.9 Å². The smallest absolute Gasteiger partial charge is 0.245 e. The van der Waals surface area contributed by atoms with E-state index in [1.807, 2.05) is 13.1 Å². The maximum absolute atomic E-state index is 3.47. The van der Waals surface area contributed by atoms with Crippen LogP contribution in [0.3, 0.4) is 0 Å². The van der Waals surface area contributed by atoms with E-state index in [9.17, 15) is 0 Å². The average molecular weight is 284 g/mol. The highest BCUT2D eigenvalue weighted by Gasteiger charge is 2.18. The van der Waals surface area contributed by atoms with E-state index in [-0.39, 0.29) is 0 Å². The second kappa shape index (κ2) is 5.15. The zero-order valence-electron chi connectivity index (χ0n) is 12.4. The van der Waals surface area contributed by atoms with Crippen molar-refractivity contribution in [1.82, 2.24) is 4.58 Å². The topological polar surface area (TPSA) is 6.25 Å². The molecule has 106 valence electrons. The summed E-state index contributed by atoms with van der Waals surface area (Å²) < 4.78 is 2.12. The molecule has 0 atom stereocenters. The molecule has 2 heteroatoms. The Balaban J connectivity index is 2.03. The molecule has 2 nitrogen and oxygen atoms in total. The Morgan fingerprint density at radius 3 is 2.18 bits per heavy atom. The van der Waals surface area contributed by atoms with Gasteiger partial charge in [0.15, 0.2) is 0 Å². The molecule has 4 rings (SSSR count). The van der Waals surface area contributed by atoms with Gasteiger partial charge in [0.05, 0.1) is 24.1 Å². The molecule has 22 heavy (non-hydrogen) atoms. The number of hydrogen-bond donors (Lipinski definition) is 0. The van der Waals surface area contributed by atoms with Gasteiger partial charge in [-0.05, 0) is 11.1 Å². The molecule has 0 bridgehead atoms. The van der Waals surface area contributed by atoms with Crippen LogP contribution in [0.4, 0.5) is 17.1 Å². The van der Waals surface area contributed by atoms with Crippen LogP contribution in [-0.4, -0.2) is 13.4 Å². The van der Waals surface area contributed by atoms with Crippen molar-refractivity contribution >= 4 is 23.4 Å². The predicted octanol–water partition coefficient (Wildman–Crippen LogP) is 4.54. The molecule has 0 amide bonds. The lowest BCUT2D eigenvalue weighted by molar-refractivity contribution is 1.08. The van der Waals surface area contributed by atoms with E-state index in [0.717, 1.165) is 17.1 Å². The third-order valence-corrected chi connectivity index (χ3v) is 3.96. The van der Waals surface area contributed by atoms with Crippen LogP contribution in [0.25, 0.3) is 11.1 Å². The van der Waals surface area contributed by atoms with Crippen LogP contribution in [0.5, 0.6) is 0 Å². The van der Waals surface area contributed by atoms with Crippen molar-refractivity contribution in [2.45, 2.75) is 0 Å². The van der Waals surface area contributed by atoms with Gasteiger partial charge < -0.3 is 9.48 Å². The summed E-state index contributed by atoms with van der Waals surface area (Å²) in [6, 6.07) is 27.3. The molecule has 0 unspecified atom stereocenters. The van der Waals surface area contributed by atoms with Gasteiger partial charge in [-0.2, -0.15) is 0 Å². The molecule has 0 saturated heterocycles. The van der Waals surface area contributed by atoms with Crippen molar-refractivity contribution < 1.29 is 0 Å². The van der Waals surface area contributed by atoms with Crippen LogP contribution in [0.1, 0.15) is 0 Å². The lowest BCUT2D eigenvalue weighted by Crippen LogP contribution is -2.21. The summed E-state index contributed by atoms with van der Waals surface area (Å²) >= 11 is 0. The Morgan fingerprint density at radius 1 is 0.727 bits per heavy atom. The van der Waals surface area contributed by atoms with Gasteiger partial charge in [0.2, 0.25) is 6.34 Å². The molecule has 3 aromatic carbocycles. The summed E-state index contributed by atoms with van der Waals surface area (Å²) in [5.41, 5.74) is 5.86. The number of anilines is 1. The molecule has 0 N–H and O–H groups in total. The third kappa shape index (κ3) is 2.01. The lowest BCUT2D eigenvalue weighted by atomic mass is 10.0. The minimum absolute atomic E-state index is 1.11. The monoisotopic (exact) mass is 284 g/mol. The first-order valence-corrected chi connectivity index (χ1v) is 7.38. The minimum atomic E-state index is 1.11. The van der Waals surface area contributed by atoms with Crippen LogP contribution in [0.15, 0.2) is 78.9 Å². The fourth-order valence-electron chi connectivity index (χ4n) is 2.92. The molecule has 0 saturated carbocycles. The van der Waals surface area contributed by atoms with Crippen LogP contribution < -0.4 is 9.48 Å². The van der Waals surface area contributed by atoms with E-state index in [1.54, 1.807) is 0 Å². The second-order valence-corrected chi connectivity index (χ2v) is 5.36. The van der Waals surface area contributed by atoms with Crippen molar-refractivity contribution in [3.63, 3.8) is 0 Å². The number of para-hydroxylation sites is 3. The molecule has 0 fully saturated rings. The summed E-state index contributed by atoms with van der Waals surface area (Å²) in [5.74, 6) is 0. The van der Waals surface area contributed by atoms with E-state index < -0.39 is 0 Å². The minimum Gasteiger partial charge on any atom is -0.314 e. The molecular weight excluding hydrogens is 268 g/mol. The van der Waals surface area contributed by atoms with Crippen LogP contribution in [0, 0.1) is 0 Å². The number of benzene rings is 3. The Kier molecular flexibility index (Phi) is 3.01. The highest BCUT2D eigenvalue weighted by atomic mass is 15.2. The maximum atomic E-state index is 3.47. The summed E-state index contributed by atoms with van der Waals surface area (Å²) in [6.07, 6.45) is 3.47. The molecule has 0 radical (unpaired) electrons. The van der Waals surface area contributed by atoms with Crippen molar-refractivity contribution in [2.24, 2.45) is 0 Å². The summed E-state index contributed by atoms with van der Waals surface area (Å²) in [7, 11) is 2.04. The first-order valence-electron chi connectivity index (χ1n) is 7.38. The quantitative estimate of drug-likeness (QED) is 0.469. The second-order valence-electron chi connectivity index (χ2n) is 5.36. The third-order valence-electron chi connectivity index (χ3n) is 3.96. The van der Waals surface area contributed by atoms with Gasteiger partial charge in [0.25, 0.3) is 0 Å². The molecule has 0 aliphatic carbocycles. The van der Waals surface area contributed by atoms with Gasteiger partial charge in [-0.1, -0.05) is 78.9 Å². The zero-order chi connectivity index (χ0) is 14.9. The fourth-order valence-corrected chi connectivity index (χ4v) is 2.92. The SMILES string of the molecule is CN1[C-]=[N+](c2ccccc2)c2ccccc2-c2ccccc21. The average Bonchev–Trinajstić information content (AvgIpc) is 2.72. The van der Waals surface area contributed by atoms with E-state index in [1.165, 1.54) is 11.1 Å². The van der Waals surface area contributed by atoms with Crippen LogP contribution in [-0.2, 0) is 0 Å². The van der Waals surface area contributed by atoms with Gasteiger partial charge in [0, 0.05) is 0 Å². The van der Waals surface area contributed by atoms with Crippen molar-refractivity contribution in [2.75, 3.05) is 11.9 Å². The van der Waals surface area contributed by atoms with E-state index in [2.05, 4.69) is 88.6 Å². The van der Waals surface area contributed by atoms with Gasteiger partial charge in [-0.15, -0.1) is 0 Å². The normalized spacial score (nSPS) is 13.0. The Morgan fingerprint density at radius 2 is 1.36 bits per heavy atom. The standard InChI is InChI=1S/C20H16N2/c1-21-15-22(16-9-3-2-4-10-16)20-14-8-6-12-18(20)17-11-5-7-13-19(17)21/h2-14H,1H3. The van der Waals surface area contributed by atoms with Gasteiger partial charge in [-0.3, -0.25) is 0 Å². The summed E-state index contributed by atoms with van der Waals surface area (Å²) in [6.45, 7) is 0. The first-order chi connectivity index (χ1) is 10.8. The van der Waals surface area contributed by atoms with Crippen molar-refractivity contribution in [1.29, 1.82) is 0 Å². The molecule has 0 spiro atoms. The molecule has 1 aliphatic rings. The number of hydrogen-bond acceptors (Lipinski definition) is 1. The highest BCUT2D eigenvalue weighted by Crippen LogP contribution is 2.39. The highest BCUT2D eigenvalue weighted by molar-refractivity contribution is 5.98. The van der Waals surface area contributed by atoms with Gasteiger partial charge in [0.1, 0.15) is 0 Å². The number of nitrogens with zero attached hydrogens (tertiary/aromatic N) is 2. The molecule has 3 aromatic rings. The fraction of sp³-hybridized carbons (Fsp3) is 0.0500. The lowest BCUT2D eigenvalue weighted by Gasteiger charge is -2.15. The first kappa shape index (κ1) is 12.8. The molecule has 1 aliphatic heterocycles. The molecular formula is C20H16N2. The van der Waals surface area contributed by atoms with Crippen LogP contribution in [0.2, 0.25) is 0 Å². The summed E-state index contributed by atoms with van der Waals surface area (Å²) in [5, 5.41) is 0. The van der Waals surface area contributed by atoms with E-state index in [0.29, 0.717) is 0 Å². The number of rotatable bonds is 1. The Hall–Kier alpha value is -2.87. The Bertz CT molecular complexity index is 850. The zero-order valence-corrected chi connectivity index (χ0v) is 12.4. The van der Waals surface area contributed by atoms with E-state index >= 15 is 0 Å². The van der Waals surface area contributed by atoms with Gasteiger partial charge >= 0.3 is 0 Å². The van der Waals surface area contributed by atoms with Gasteiger partial charge in [-0.25, -0.2) is 0 Å².